The quantitative estimate of drug-likeness (QED) is 0.740. The number of primary amides is 1. The number of aromatic nitrogens is 1. The summed E-state index contributed by atoms with van der Waals surface area (Å²) in [6.07, 6.45) is 1.45. The van der Waals surface area contributed by atoms with Gasteiger partial charge in [0, 0.05) is 20.2 Å². The van der Waals surface area contributed by atoms with E-state index in [0.29, 0.717) is 30.2 Å². The van der Waals surface area contributed by atoms with Crippen LogP contribution in [0.1, 0.15) is 17.3 Å². The van der Waals surface area contributed by atoms with E-state index in [-0.39, 0.29) is 0 Å². The summed E-state index contributed by atoms with van der Waals surface area (Å²) in [5, 5.41) is 0. The van der Waals surface area contributed by atoms with Crippen molar-refractivity contribution in [2.75, 3.05) is 37.4 Å². The number of nitrogen functional groups attached to an aromatic ring is 1. The molecular formula is C11H18N4O2. The number of pyridine rings is 1. The van der Waals surface area contributed by atoms with Gasteiger partial charge in [-0.15, -0.1) is 0 Å². The van der Waals surface area contributed by atoms with Gasteiger partial charge in [0.1, 0.15) is 5.82 Å². The highest BCUT2D eigenvalue weighted by molar-refractivity contribution is 5.98. The van der Waals surface area contributed by atoms with Gasteiger partial charge < -0.3 is 21.1 Å². The molecule has 0 saturated heterocycles. The lowest BCUT2D eigenvalue weighted by molar-refractivity contribution is 0.100. The predicted molar refractivity (Wildman–Crippen MR) is 66.9 cm³/mol. The van der Waals surface area contributed by atoms with Gasteiger partial charge in [-0.1, -0.05) is 0 Å². The van der Waals surface area contributed by atoms with E-state index < -0.39 is 5.91 Å². The summed E-state index contributed by atoms with van der Waals surface area (Å²) in [6, 6.07) is 1.61. The van der Waals surface area contributed by atoms with E-state index in [1.54, 1.807) is 13.2 Å². The van der Waals surface area contributed by atoms with Crippen LogP contribution in [0.2, 0.25) is 0 Å². The van der Waals surface area contributed by atoms with Gasteiger partial charge in [-0.3, -0.25) is 4.79 Å². The van der Waals surface area contributed by atoms with Gasteiger partial charge in [-0.25, -0.2) is 4.98 Å². The number of methoxy groups -OCH3 is 1. The van der Waals surface area contributed by atoms with Crippen LogP contribution < -0.4 is 16.4 Å². The lowest BCUT2D eigenvalue weighted by atomic mass is 10.2. The smallest absolute Gasteiger partial charge is 0.250 e. The van der Waals surface area contributed by atoms with E-state index in [1.165, 1.54) is 6.20 Å². The predicted octanol–water partition coefficient (Wildman–Crippen LogP) is 0.235. The van der Waals surface area contributed by atoms with Gasteiger partial charge in [0.25, 0.3) is 5.91 Å². The van der Waals surface area contributed by atoms with Gasteiger partial charge in [0.15, 0.2) is 0 Å². The molecule has 1 heterocycles. The number of rotatable bonds is 6. The molecule has 0 aliphatic heterocycles. The zero-order chi connectivity index (χ0) is 12.8. The highest BCUT2D eigenvalue weighted by Gasteiger charge is 2.11. The molecule has 1 aromatic rings. The van der Waals surface area contributed by atoms with Crippen LogP contribution in [0.3, 0.4) is 0 Å². The van der Waals surface area contributed by atoms with E-state index in [4.69, 9.17) is 16.2 Å². The third kappa shape index (κ3) is 3.32. The van der Waals surface area contributed by atoms with Crippen molar-refractivity contribution in [3.8, 4) is 0 Å². The van der Waals surface area contributed by atoms with Crippen molar-refractivity contribution < 1.29 is 9.53 Å². The Bertz CT molecular complexity index is 395. The van der Waals surface area contributed by atoms with Crippen LogP contribution in [-0.2, 0) is 4.74 Å². The first-order valence-electron chi connectivity index (χ1n) is 5.39. The monoisotopic (exact) mass is 238 g/mol. The van der Waals surface area contributed by atoms with Crippen molar-refractivity contribution in [3.63, 3.8) is 0 Å². The molecule has 6 heteroatoms. The Labute approximate surface area is 101 Å². The van der Waals surface area contributed by atoms with Gasteiger partial charge >= 0.3 is 0 Å². The van der Waals surface area contributed by atoms with E-state index in [0.717, 1.165) is 6.54 Å². The van der Waals surface area contributed by atoms with Gasteiger partial charge in [-0.05, 0) is 13.0 Å². The normalized spacial score (nSPS) is 10.2. The van der Waals surface area contributed by atoms with E-state index >= 15 is 0 Å². The molecule has 0 saturated carbocycles. The first kappa shape index (κ1) is 13.2. The molecule has 1 rings (SSSR count). The Hall–Kier alpha value is -1.82. The molecular weight excluding hydrogens is 220 g/mol. The van der Waals surface area contributed by atoms with E-state index in [2.05, 4.69) is 4.98 Å². The van der Waals surface area contributed by atoms with E-state index in [1.807, 2.05) is 11.8 Å². The van der Waals surface area contributed by atoms with Crippen LogP contribution in [0.25, 0.3) is 0 Å². The molecule has 0 spiro atoms. The fourth-order valence-electron chi connectivity index (χ4n) is 1.48. The molecule has 17 heavy (non-hydrogen) atoms. The summed E-state index contributed by atoms with van der Waals surface area (Å²) in [5.74, 6) is 0.126. The molecule has 94 valence electrons. The van der Waals surface area contributed by atoms with Crippen molar-refractivity contribution in [2.45, 2.75) is 6.92 Å². The number of nitrogens with zero attached hydrogens (tertiary/aromatic N) is 2. The summed E-state index contributed by atoms with van der Waals surface area (Å²) in [7, 11) is 1.64. The molecule has 0 aromatic carbocycles. The van der Waals surface area contributed by atoms with Crippen molar-refractivity contribution in [2.24, 2.45) is 5.73 Å². The molecule has 1 aromatic heterocycles. The second kappa shape index (κ2) is 6.05. The number of likely N-dealkylation sites (N-methyl/N-ethyl adjacent to an activating group) is 1. The average molecular weight is 238 g/mol. The summed E-state index contributed by atoms with van der Waals surface area (Å²) < 4.78 is 5.01. The van der Waals surface area contributed by atoms with Crippen molar-refractivity contribution >= 4 is 17.4 Å². The SMILES string of the molecule is CCN(CCOC)c1cc(C(N)=O)c(N)cn1. The first-order chi connectivity index (χ1) is 8.10. The topological polar surface area (TPSA) is 94.5 Å². The fourth-order valence-corrected chi connectivity index (χ4v) is 1.48. The third-order valence-corrected chi connectivity index (χ3v) is 2.46. The minimum Gasteiger partial charge on any atom is -0.397 e. The summed E-state index contributed by atoms with van der Waals surface area (Å²) in [5.41, 5.74) is 11.5. The molecule has 0 atom stereocenters. The second-order valence-corrected chi connectivity index (χ2v) is 3.57. The summed E-state index contributed by atoms with van der Waals surface area (Å²) in [6.45, 7) is 4.05. The highest BCUT2D eigenvalue weighted by atomic mass is 16.5. The molecule has 4 N–H and O–H groups in total. The lowest BCUT2D eigenvalue weighted by Gasteiger charge is -2.22. The Balaban J connectivity index is 2.96. The molecule has 0 fully saturated rings. The Morgan fingerprint density at radius 2 is 2.29 bits per heavy atom. The van der Waals surface area contributed by atoms with Crippen LogP contribution in [0.15, 0.2) is 12.3 Å². The maximum Gasteiger partial charge on any atom is 0.250 e. The van der Waals surface area contributed by atoms with Crippen molar-refractivity contribution in [3.05, 3.63) is 17.8 Å². The molecule has 0 aliphatic carbocycles. The number of anilines is 2. The van der Waals surface area contributed by atoms with Crippen LogP contribution in [-0.4, -0.2) is 37.7 Å². The molecule has 0 radical (unpaired) electrons. The number of ether oxygens (including phenoxy) is 1. The minimum atomic E-state index is -0.547. The Morgan fingerprint density at radius 3 is 2.82 bits per heavy atom. The van der Waals surface area contributed by atoms with Crippen molar-refractivity contribution in [1.82, 2.24) is 4.98 Å². The highest BCUT2D eigenvalue weighted by Crippen LogP contribution is 2.17. The zero-order valence-corrected chi connectivity index (χ0v) is 10.1. The standard InChI is InChI=1S/C11H18N4O2/c1-3-15(4-5-17-2)10-6-8(11(13)16)9(12)7-14-10/h6-7H,3-5,12H2,1-2H3,(H2,13,16). The number of amides is 1. The van der Waals surface area contributed by atoms with Gasteiger partial charge in [0.05, 0.1) is 24.1 Å². The van der Waals surface area contributed by atoms with Crippen LogP contribution >= 0.6 is 0 Å². The number of nitrogens with two attached hydrogens (primary N) is 2. The molecule has 0 bridgehead atoms. The first-order valence-corrected chi connectivity index (χ1v) is 5.39. The third-order valence-electron chi connectivity index (χ3n) is 2.46. The Morgan fingerprint density at radius 1 is 1.59 bits per heavy atom. The summed E-state index contributed by atoms with van der Waals surface area (Å²) >= 11 is 0. The van der Waals surface area contributed by atoms with Crippen LogP contribution in [0.5, 0.6) is 0 Å². The Kier molecular flexibility index (Phi) is 4.71. The number of carbonyl (C=O) groups is 1. The summed E-state index contributed by atoms with van der Waals surface area (Å²) in [4.78, 5) is 17.3. The maximum atomic E-state index is 11.2. The molecule has 6 nitrogen and oxygen atoms in total. The molecule has 0 aliphatic rings. The average Bonchev–Trinajstić information content (AvgIpc) is 2.31. The number of hydrogen-bond donors (Lipinski definition) is 2. The van der Waals surface area contributed by atoms with Gasteiger partial charge in [-0.2, -0.15) is 0 Å². The molecule has 0 unspecified atom stereocenters. The number of carbonyl (C=O) groups excluding carboxylic acids is 1. The van der Waals surface area contributed by atoms with Gasteiger partial charge in [0.2, 0.25) is 0 Å². The zero-order valence-electron chi connectivity index (χ0n) is 10.1. The van der Waals surface area contributed by atoms with Crippen molar-refractivity contribution in [1.29, 1.82) is 0 Å². The van der Waals surface area contributed by atoms with Crippen LogP contribution in [0.4, 0.5) is 11.5 Å². The van der Waals surface area contributed by atoms with Crippen LogP contribution in [0, 0.1) is 0 Å². The van der Waals surface area contributed by atoms with E-state index in [9.17, 15) is 4.79 Å². The molecule has 1 amide bonds. The second-order valence-electron chi connectivity index (χ2n) is 3.57. The number of hydrogen-bond acceptors (Lipinski definition) is 5. The minimum absolute atomic E-state index is 0.295. The fraction of sp³-hybridized carbons (Fsp3) is 0.455. The maximum absolute atomic E-state index is 11.2. The lowest BCUT2D eigenvalue weighted by Crippen LogP contribution is -2.28. The largest absolute Gasteiger partial charge is 0.397 e.